The fourth-order valence-corrected chi connectivity index (χ4v) is 2.32. The summed E-state index contributed by atoms with van der Waals surface area (Å²) in [5, 5.41) is 2.79. The second-order valence-electron chi connectivity index (χ2n) is 4.79. The van der Waals surface area contributed by atoms with Crippen LogP contribution in [0.3, 0.4) is 0 Å². The Kier molecular flexibility index (Phi) is 6.11. The van der Waals surface area contributed by atoms with Gasteiger partial charge in [-0.05, 0) is 41.5 Å². The molecule has 2 aromatic carbocycles. The molecule has 1 N–H and O–H groups in total. The van der Waals surface area contributed by atoms with Crippen molar-refractivity contribution in [2.24, 2.45) is 0 Å². The second kappa shape index (κ2) is 8.29. The van der Waals surface area contributed by atoms with Crippen molar-refractivity contribution >= 4 is 33.9 Å². The van der Waals surface area contributed by atoms with Gasteiger partial charge in [-0.2, -0.15) is 0 Å². The number of benzene rings is 2. The molecule has 0 heterocycles. The number of ether oxygens (including phenoxy) is 1. The molecule has 0 bridgehead atoms. The van der Waals surface area contributed by atoms with Gasteiger partial charge in [0.05, 0.1) is 12.7 Å². The average Bonchev–Trinajstić information content (AvgIpc) is 2.58. The number of nitrogens with one attached hydrogen (secondary N) is 1. The molecule has 5 heteroatoms. The van der Waals surface area contributed by atoms with Crippen LogP contribution < -0.4 is 5.32 Å². The lowest BCUT2D eigenvalue weighted by Crippen LogP contribution is -2.20. The van der Waals surface area contributed by atoms with Gasteiger partial charge in [0, 0.05) is 17.1 Å². The van der Waals surface area contributed by atoms with Gasteiger partial charge in [0.2, 0.25) is 5.91 Å². The van der Waals surface area contributed by atoms with Crippen molar-refractivity contribution in [3.05, 3.63) is 75.8 Å². The summed E-state index contributed by atoms with van der Waals surface area (Å²) in [7, 11) is 1.34. The molecule has 0 aromatic heterocycles. The maximum atomic E-state index is 11.8. The van der Waals surface area contributed by atoms with Crippen LogP contribution in [0.25, 0.3) is 6.08 Å². The lowest BCUT2D eigenvalue weighted by atomic mass is 10.1. The Balaban J connectivity index is 1.88. The van der Waals surface area contributed by atoms with E-state index in [1.165, 1.54) is 13.2 Å². The Bertz CT molecular complexity index is 723. The zero-order valence-corrected chi connectivity index (χ0v) is 14.2. The highest BCUT2D eigenvalue weighted by Gasteiger charge is 2.04. The molecule has 2 rings (SSSR count). The number of carbonyl (C=O) groups is 2. The van der Waals surface area contributed by atoms with Gasteiger partial charge in [0.25, 0.3) is 0 Å². The Morgan fingerprint density at radius 1 is 1.17 bits per heavy atom. The third kappa shape index (κ3) is 5.38. The molecule has 0 fully saturated rings. The average molecular weight is 374 g/mol. The van der Waals surface area contributed by atoms with Crippen LogP contribution in [0.5, 0.6) is 0 Å². The Morgan fingerprint density at radius 3 is 2.57 bits per heavy atom. The first-order valence-corrected chi connectivity index (χ1v) is 7.76. The van der Waals surface area contributed by atoms with Crippen LogP contribution in [-0.4, -0.2) is 19.0 Å². The minimum atomic E-state index is -0.377. The molecule has 0 saturated heterocycles. The van der Waals surface area contributed by atoms with E-state index >= 15 is 0 Å². The number of hydrogen-bond acceptors (Lipinski definition) is 3. The van der Waals surface area contributed by atoms with Crippen LogP contribution in [0.1, 0.15) is 21.5 Å². The van der Waals surface area contributed by atoms with Crippen LogP contribution >= 0.6 is 15.9 Å². The number of halogens is 1. The van der Waals surface area contributed by atoms with Crippen molar-refractivity contribution in [1.29, 1.82) is 0 Å². The quantitative estimate of drug-likeness (QED) is 0.643. The molecule has 1 amide bonds. The first kappa shape index (κ1) is 17.0. The van der Waals surface area contributed by atoms with E-state index in [0.29, 0.717) is 12.1 Å². The molecule has 0 spiro atoms. The van der Waals surface area contributed by atoms with Crippen molar-refractivity contribution in [3.8, 4) is 0 Å². The molecule has 23 heavy (non-hydrogen) atoms. The van der Waals surface area contributed by atoms with Gasteiger partial charge in [-0.1, -0.05) is 40.2 Å². The molecule has 0 unspecified atom stereocenters. The highest BCUT2D eigenvalue weighted by atomic mass is 79.9. The Hall–Kier alpha value is -2.40. The summed E-state index contributed by atoms with van der Waals surface area (Å²) >= 11 is 3.38. The van der Waals surface area contributed by atoms with Crippen LogP contribution in [-0.2, 0) is 16.1 Å². The van der Waals surface area contributed by atoms with E-state index in [1.807, 2.05) is 24.3 Å². The third-order valence-electron chi connectivity index (χ3n) is 3.12. The van der Waals surface area contributed by atoms with E-state index in [1.54, 1.807) is 30.3 Å². The summed E-state index contributed by atoms with van der Waals surface area (Å²) < 4.78 is 5.60. The van der Waals surface area contributed by atoms with Gasteiger partial charge in [0.15, 0.2) is 0 Å². The van der Waals surface area contributed by atoms with Gasteiger partial charge in [-0.15, -0.1) is 0 Å². The number of esters is 1. The van der Waals surface area contributed by atoms with Crippen molar-refractivity contribution in [2.45, 2.75) is 6.54 Å². The number of rotatable bonds is 5. The van der Waals surface area contributed by atoms with E-state index in [2.05, 4.69) is 26.0 Å². The lowest BCUT2D eigenvalue weighted by molar-refractivity contribution is -0.116. The summed E-state index contributed by atoms with van der Waals surface area (Å²) in [4.78, 5) is 23.1. The first-order valence-electron chi connectivity index (χ1n) is 6.97. The topological polar surface area (TPSA) is 55.4 Å². The molecule has 0 aliphatic rings. The van der Waals surface area contributed by atoms with Crippen molar-refractivity contribution in [2.75, 3.05) is 7.11 Å². The van der Waals surface area contributed by atoms with Crippen LogP contribution in [0, 0.1) is 0 Å². The largest absolute Gasteiger partial charge is 0.465 e. The highest BCUT2D eigenvalue weighted by molar-refractivity contribution is 9.10. The Morgan fingerprint density at radius 2 is 1.91 bits per heavy atom. The lowest BCUT2D eigenvalue weighted by Gasteiger charge is -2.04. The standard InChI is InChI=1S/C18H16BrNO3/c1-23-18(22)15-8-5-14(6-9-15)12-20-17(21)10-7-13-3-2-4-16(19)11-13/h2-11H,12H2,1H3,(H,20,21)/b10-7+. The normalized spacial score (nSPS) is 10.5. The van der Waals surface area contributed by atoms with E-state index in [-0.39, 0.29) is 11.9 Å². The summed E-state index contributed by atoms with van der Waals surface area (Å²) in [6.45, 7) is 0.392. The molecule has 0 atom stereocenters. The summed E-state index contributed by atoms with van der Waals surface area (Å²) in [5.74, 6) is -0.556. The first-order chi connectivity index (χ1) is 11.1. The zero-order valence-electron chi connectivity index (χ0n) is 12.6. The molecule has 4 nitrogen and oxygen atoms in total. The van der Waals surface area contributed by atoms with Gasteiger partial charge in [0.1, 0.15) is 0 Å². The molecule has 0 radical (unpaired) electrons. The van der Waals surface area contributed by atoms with Crippen molar-refractivity contribution in [3.63, 3.8) is 0 Å². The number of amides is 1. The van der Waals surface area contributed by atoms with E-state index in [4.69, 9.17) is 0 Å². The van der Waals surface area contributed by atoms with E-state index < -0.39 is 0 Å². The molecular weight excluding hydrogens is 358 g/mol. The number of carbonyl (C=O) groups excluding carboxylic acids is 2. The van der Waals surface area contributed by atoms with E-state index in [0.717, 1.165) is 15.6 Å². The summed E-state index contributed by atoms with van der Waals surface area (Å²) in [6, 6.07) is 14.6. The highest BCUT2D eigenvalue weighted by Crippen LogP contribution is 2.12. The van der Waals surface area contributed by atoms with Gasteiger partial charge in [-0.3, -0.25) is 4.79 Å². The van der Waals surface area contributed by atoms with Gasteiger partial charge in [-0.25, -0.2) is 4.79 Å². The second-order valence-corrected chi connectivity index (χ2v) is 5.71. The zero-order chi connectivity index (χ0) is 16.7. The summed E-state index contributed by atoms with van der Waals surface area (Å²) in [6.07, 6.45) is 3.24. The van der Waals surface area contributed by atoms with Crippen LogP contribution in [0.4, 0.5) is 0 Å². The molecule has 118 valence electrons. The molecule has 0 aliphatic carbocycles. The molecular formula is C18H16BrNO3. The van der Waals surface area contributed by atoms with Gasteiger partial charge >= 0.3 is 5.97 Å². The molecule has 0 aliphatic heterocycles. The molecule has 0 saturated carbocycles. The smallest absolute Gasteiger partial charge is 0.337 e. The SMILES string of the molecule is COC(=O)c1ccc(CNC(=O)/C=C/c2cccc(Br)c2)cc1. The summed E-state index contributed by atoms with van der Waals surface area (Å²) in [5.41, 5.74) is 2.33. The predicted molar refractivity (Wildman–Crippen MR) is 92.8 cm³/mol. The predicted octanol–water partition coefficient (Wildman–Crippen LogP) is 3.57. The number of methoxy groups -OCH3 is 1. The third-order valence-corrected chi connectivity index (χ3v) is 3.61. The maximum absolute atomic E-state index is 11.8. The van der Waals surface area contributed by atoms with Crippen molar-refractivity contribution < 1.29 is 14.3 Å². The minimum Gasteiger partial charge on any atom is -0.465 e. The Labute approximate surface area is 143 Å². The number of hydrogen-bond donors (Lipinski definition) is 1. The van der Waals surface area contributed by atoms with E-state index in [9.17, 15) is 9.59 Å². The van der Waals surface area contributed by atoms with Crippen molar-refractivity contribution in [1.82, 2.24) is 5.32 Å². The molecule has 2 aromatic rings. The van der Waals surface area contributed by atoms with Gasteiger partial charge < -0.3 is 10.1 Å². The maximum Gasteiger partial charge on any atom is 0.337 e. The monoisotopic (exact) mass is 373 g/mol. The minimum absolute atomic E-state index is 0.179. The van der Waals surface area contributed by atoms with Crippen LogP contribution in [0.15, 0.2) is 59.1 Å². The van der Waals surface area contributed by atoms with Crippen LogP contribution in [0.2, 0.25) is 0 Å². The fourth-order valence-electron chi connectivity index (χ4n) is 1.91. The fraction of sp³-hybridized carbons (Fsp3) is 0.111.